The number of amides is 1. The highest BCUT2D eigenvalue weighted by Crippen LogP contribution is 2.25. The number of rotatable bonds is 6. The van der Waals surface area contributed by atoms with Gasteiger partial charge in [0.1, 0.15) is 0 Å². The van der Waals surface area contributed by atoms with Crippen molar-refractivity contribution in [3.8, 4) is 0 Å². The van der Waals surface area contributed by atoms with E-state index < -0.39 is 6.10 Å². The molecule has 0 aromatic heterocycles. The number of hydrogen-bond acceptors (Lipinski definition) is 3. The molecule has 0 saturated heterocycles. The topological polar surface area (TPSA) is 43.8 Å². The van der Waals surface area contributed by atoms with Crippen LogP contribution in [0.5, 0.6) is 0 Å². The second-order valence-electron chi connectivity index (χ2n) is 4.66. The molecule has 19 heavy (non-hydrogen) atoms. The molecule has 0 aliphatic heterocycles. The fourth-order valence-electron chi connectivity index (χ4n) is 2.15. The van der Waals surface area contributed by atoms with Gasteiger partial charge in [-0.3, -0.25) is 4.79 Å². The van der Waals surface area contributed by atoms with E-state index >= 15 is 0 Å². The molecule has 1 aromatic rings. The quantitative estimate of drug-likeness (QED) is 0.855. The van der Waals surface area contributed by atoms with Crippen molar-refractivity contribution in [3.63, 3.8) is 0 Å². The fourth-order valence-corrected chi connectivity index (χ4v) is 2.15. The van der Waals surface area contributed by atoms with Crippen LogP contribution in [0, 0.1) is 0 Å². The third-order valence-electron chi connectivity index (χ3n) is 3.29. The Morgan fingerprint density at radius 2 is 1.84 bits per heavy atom. The molecular formula is C15H24N2O2. The molecule has 1 aromatic carbocycles. The molecular weight excluding hydrogens is 240 g/mol. The predicted molar refractivity (Wildman–Crippen MR) is 78.3 cm³/mol. The van der Waals surface area contributed by atoms with Crippen LogP contribution in [0.25, 0.3) is 0 Å². The van der Waals surface area contributed by atoms with Gasteiger partial charge in [0.25, 0.3) is 0 Å². The number of anilines is 1. The number of aliphatic hydroxyl groups is 1. The Hall–Kier alpha value is -1.55. The standard InChI is InChI=1S/C15H24N2O2/c1-5-17(6-2)15(19)11-16(4)14-10-8-7-9-13(14)12(3)18/h7-10,12,18H,5-6,11H2,1-4H3/t12-/m1/s1. The Balaban J connectivity index is 2.84. The summed E-state index contributed by atoms with van der Waals surface area (Å²) in [4.78, 5) is 15.8. The summed E-state index contributed by atoms with van der Waals surface area (Å²) in [6.07, 6.45) is -0.540. The van der Waals surface area contributed by atoms with Crippen molar-refractivity contribution in [1.29, 1.82) is 0 Å². The van der Waals surface area contributed by atoms with Crippen LogP contribution in [0.1, 0.15) is 32.4 Å². The number of carbonyl (C=O) groups excluding carboxylic acids is 1. The van der Waals surface area contributed by atoms with E-state index in [1.165, 1.54) is 0 Å². The summed E-state index contributed by atoms with van der Waals surface area (Å²) in [7, 11) is 1.88. The third-order valence-corrected chi connectivity index (χ3v) is 3.29. The Morgan fingerprint density at radius 1 is 1.26 bits per heavy atom. The molecule has 0 unspecified atom stereocenters. The van der Waals surface area contributed by atoms with Crippen LogP contribution in [-0.2, 0) is 4.79 Å². The van der Waals surface area contributed by atoms with Crippen LogP contribution >= 0.6 is 0 Å². The first-order valence-corrected chi connectivity index (χ1v) is 6.77. The van der Waals surface area contributed by atoms with Crippen molar-refractivity contribution in [1.82, 2.24) is 4.90 Å². The average Bonchev–Trinajstić information content (AvgIpc) is 2.40. The van der Waals surface area contributed by atoms with Crippen LogP contribution in [-0.4, -0.2) is 42.6 Å². The largest absolute Gasteiger partial charge is 0.389 e. The van der Waals surface area contributed by atoms with E-state index in [4.69, 9.17) is 0 Å². The molecule has 1 amide bonds. The summed E-state index contributed by atoms with van der Waals surface area (Å²) in [6.45, 7) is 7.46. The van der Waals surface area contributed by atoms with Crippen molar-refractivity contribution in [2.75, 3.05) is 31.6 Å². The Kier molecular flexibility index (Phi) is 5.83. The minimum Gasteiger partial charge on any atom is -0.389 e. The normalized spacial score (nSPS) is 12.1. The van der Waals surface area contributed by atoms with Crippen molar-refractivity contribution in [2.45, 2.75) is 26.9 Å². The molecule has 106 valence electrons. The zero-order valence-corrected chi connectivity index (χ0v) is 12.3. The maximum Gasteiger partial charge on any atom is 0.242 e. The second-order valence-corrected chi connectivity index (χ2v) is 4.66. The molecule has 0 radical (unpaired) electrons. The van der Waals surface area contributed by atoms with Gasteiger partial charge in [-0.25, -0.2) is 0 Å². The summed E-state index contributed by atoms with van der Waals surface area (Å²) in [5, 5.41) is 9.77. The first-order valence-electron chi connectivity index (χ1n) is 6.77. The molecule has 0 fully saturated rings. The van der Waals surface area contributed by atoms with Gasteiger partial charge < -0.3 is 14.9 Å². The van der Waals surface area contributed by atoms with Crippen molar-refractivity contribution >= 4 is 11.6 Å². The molecule has 1 atom stereocenters. The van der Waals surface area contributed by atoms with E-state index in [0.29, 0.717) is 6.54 Å². The van der Waals surface area contributed by atoms with Gasteiger partial charge in [0.2, 0.25) is 5.91 Å². The van der Waals surface area contributed by atoms with E-state index in [1.807, 2.05) is 55.0 Å². The molecule has 0 bridgehead atoms. The first kappa shape index (κ1) is 15.5. The Bertz CT molecular complexity index is 414. The van der Waals surface area contributed by atoms with Crippen LogP contribution < -0.4 is 4.90 Å². The number of carbonyl (C=O) groups is 1. The smallest absolute Gasteiger partial charge is 0.242 e. The second kappa shape index (κ2) is 7.14. The van der Waals surface area contributed by atoms with Gasteiger partial charge in [0.05, 0.1) is 12.6 Å². The van der Waals surface area contributed by atoms with Crippen LogP contribution in [0.3, 0.4) is 0 Å². The van der Waals surface area contributed by atoms with Gasteiger partial charge in [-0.15, -0.1) is 0 Å². The highest BCUT2D eigenvalue weighted by molar-refractivity contribution is 5.81. The van der Waals surface area contributed by atoms with E-state index in [1.54, 1.807) is 6.92 Å². The van der Waals surface area contributed by atoms with Gasteiger partial charge in [0, 0.05) is 31.4 Å². The summed E-state index contributed by atoms with van der Waals surface area (Å²) in [6, 6.07) is 7.63. The SMILES string of the molecule is CCN(CC)C(=O)CN(C)c1ccccc1[C@@H](C)O. The number of likely N-dealkylation sites (N-methyl/N-ethyl adjacent to an activating group) is 2. The van der Waals surface area contributed by atoms with Crippen molar-refractivity contribution in [2.24, 2.45) is 0 Å². The van der Waals surface area contributed by atoms with Crippen molar-refractivity contribution < 1.29 is 9.90 Å². The molecule has 0 heterocycles. The van der Waals surface area contributed by atoms with Gasteiger partial charge in [-0.2, -0.15) is 0 Å². The van der Waals surface area contributed by atoms with Crippen LogP contribution in [0.4, 0.5) is 5.69 Å². The molecule has 4 nitrogen and oxygen atoms in total. The van der Waals surface area contributed by atoms with E-state index in [9.17, 15) is 9.90 Å². The summed E-state index contributed by atoms with van der Waals surface area (Å²) >= 11 is 0. The lowest BCUT2D eigenvalue weighted by Crippen LogP contribution is -2.39. The van der Waals surface area contributed by atoms with Gasteiger partial charge in [0.15, 0.2) is 0 Å². The zero-order valence-electron chi connectivity index (χ0n) is 12.3. The summed E-state index contributed by atoms with van der Waals surface area (Å²) < 4.78 is 0. The molecule has 0 aliphatic rings. The third kappa shape index (κ3) is 3.96. The summed E-state index contributed by atoms with van der Waals surface area (Å²) in [5.74, 6) is 0.105. The lowest BCUT2D eigenvalue weighted by atomic mass is 10.1. The minimum absolute atomic E-state index is 0.105. The fraction of sp³-hybridized carbons (Fsp3) is 0.533. The number of benzene rings is 1. The number of para-hydroxylation sites is 1. The molecule has 0 aliphatic carbocycles. The molecule has 4 heteroatoms. The zero-order chi connectivity index (χ0) is 14.4. The lowest BCUT2D eigenvalue weighted by molar-refractivity contribution is -0.129. The minimum atomic E-state index is -0.540. The van der Waals surface area contributed by atoms with Gasteiger partial charge in [-0.05, 0) is 26.8 Å². The van der Waals surface area contributed by atoms with Gasteiger partial charge in [-0.1, -0.05) is 18.2 Å². The molecule has 0 saturated carbocycles. The Morgan fingerprint density at radius 3 is 2.37 bits per heavy atom. The predicted octanol–water partition coefficient (Wildman–Crippen LogP) is 2.04. The number of hydrogen-bond donors (Lipinski definition) is 1. The highest BCUT2D eigenvalue weighted by Gasteiger charge is 2.16. The highest BCUT2D eigenvalue weighted by atomic mass is 16.3. The van der Waals surface area contributed by atoms with Crippen molar-refractivity contribution in [3.05, 3.63) is 29.8 Å². The van der Waals surface area contributed by atoms with Crippen LogP contribution in [0.2, 0.25) is 0 Å². The summed E-state index contributed by atoms with van der Waals surface area (Å²) in [5.41, 5.74) is 1.75. The molecule has 1 rings (SSSR count). The van der Waals surface area contributed by atoms with Crippen LogP contribution in [0.15, 0.2) is 24.3 Å². The van der Waals surface area contributed by atoms with E-state index in [0.717, 1.165) is 24.3 Å². The average molecular weight is 264 g/mol. The maximum atomic E-state index is 12.1. The number of nitrogens with zero attached hydrogens (tertiary/aromatic N) is 2. The lowest BCUT2D eigenvalue weighted by Gasteiger charge is -2.26. The van der Waals surface area contributed by atoms with E-state index in [2.05, 4.69) is 0 Å². The monoisotopic (exact) mass is 264 g/mol. The Labute approximate surface area is 115 Å². The molecule has 0 spiro atoms. The number of aliphatic hydroxyl groups excluding tert-OH is 1. The first-order chi connectivity index (χ1) is 9.01. The van der Waals surface area contributed by atoms with E-state index in [-0.39, 0.29) is 5.91 Å². The maximum absolute atomic E-state index is 12.1. The molecule has 1 N–H and O–H groups in total. The van der Waals surface area contributed by atoms with Gasteiger partial charge >= 0.3 is 0 Å².